The smallest absolute Gasteiger partial charge is 0.247 e. The van der Waals surface area contributed by atoms with Crippen molar-refractivity contribution in [3.05, 3.63) is 29.4 Å². The molecule has 0 bridgehead atoms. The minimum absolute atomic E-state index is 0.279. The van der Waals surface area contributed by atoms with E-state index in [0.717, 1.165) is 0 Å². The van der Waals surface area contributed by atoms with Crippen molar-refractivity contribution in [3.8, 4) is 5.88 Å². The number of carbonyl (C=O) groups is 1. The van der Waals surface area contributed by atoms with E-state index in [9.17, 15) is 4.79 Å². The van der Waals surface area contributed by atoms with Crippen LogP contribution in [0.4, 0.5) is 5.69 Å². The van der Waals surface area contributed by atoms with Gasteiger partial charge in [0.1, 0.15) is 4.47 Å². The van der Waals surface area contributed by atoms with Gasteiger partial charge in [-0.2, -0.15) is 0 Å². The number of ether oxygens (including phenoxy) is 1. The quantitative estimate of drug-likeness (QED) is 0.842. The molecule has 0 unspecified atom stereocenters. The summed E-state index contributed by atoms with van der Waals surface area (Å²) < 4.78 is 5.57. The fraction of sp³-hybridized carbons (Fsp3) is 0.111. The molecule has 1 heterocycles. The number of carbonyl (C=O) groups excluding carboxylic acids is 1. The second-order valence-corrected chi connectivity index (χ2v) is 3.17. The third kappa shape index (κ3) is 2.32. The summed E-state index contributed by atoms with van der Waals surface area (Å²) in [5, 5.41) is 2.61. The summed E-state index contributed by atoms with van der Waals surface area (Å²) in [4.78, 5) is 15.0. The molecule has 74 valence electrons. The summed E-state index contributed by atoms with van der Waals surface area (Å²) in [7, 11) is 1.51. The van der Waals surface area contributed by atoms with Crippen LogP contribution in [-0.2, 0) is 4.79 Å². The van der Waals surface area contributed by atoms with E-state index in [1.165, 1.54) is 13.2 Å². The molecule has 0 saturated heterocycles. The van der Waals surface area contributed by atoms with Gasteiger partial charge >= 0.3 is 0 Å². The Kier molecular flexibility index (Phi) is 3.64. The summed E-state index contributed by atoms with van der Waals surface area (Å²) >= 11 is 3.26. The van der Waals surface area contributed by atoms with Gasteiger partial charge in [-0.15, -0.1) is 0 Å². The number of nitrogens with zero attached hydrogens (tertiary/aromatic N) is 1. The van der Waals surface area contributed by atoms with Crippen molar-refractivity contribution in [1.29, 1.82) is 0 Å². The lowest BCUT2D eigenvalue weighted by atomic mass is 10.4. The van der Waals surface area contributed by atoms with Crippen molar-refractivity contribution in [2.45, 2.75) is 0 Å². The van der Waals surface area contributed by atoms with E-state index in [4.69, 9.17) is 4.74 Å². The zero-order valence-corrected chi connectivity index (χ0v) is 9.17. The van der Waals surface area contributed by atoms with Gasteiger partial charge in [0.05, 0.1) is 12.8 Å². The molecule has 0 aliphatic heterocycles. The Morgan fingerprint density at radius 2 is 2.50 bits per heavy atom. The molecule has 1 amide bonds. The van der Waals surface area contributed by atoms with Crippen molar-refractivity contribution < 1.29 is 9.53 Å². The molecule has 1 aromatic heterocycles. The number of methoxy groups -OCH3 is 1. The number of nitrogens with one attached hydrogen (secondary N) is 1. The van der Waals surface area contributed by atoms with Crippen molar-refractivity contribution in [2.24, 2.45) is 0 Å². The van der Waals surface area contributed by atoms with E-state index in [-0.39, 0.29) is 5.91 Å². The van der Waals surface area contributed by atoms with Crippen LogP contribution in [0.2, 0.25) is 0 Å². The van der Waals surface area contributed by atoms with Crippen LogP contribution in [-0.4, -0.2) is 18.0 Å². The fourth-order valence-electron chi connectivity index (χ4n) is 0.847. The number of amides is 1. The SMILES string of the molecule is C=CC(=O)Nc1ccnc(OC)c1Br. The van der Waals surface area contributed by atoms with Gasteiger partial charge in [-0.3, -0.25) is 4.79 Å². The number of halogens is 1. The van der Waals surface area contributed by atoms with Crippen LogP contribution in [0.1, 0.15) is 0 Å². The highest BCUT2D eigenvalue weighted by Gasteiger charge is 2.08. The van der Waals surface area contributed by atoms with Crippen LogP contribution in [0, 0.1) is 0 Å². The van der Waals surface area contributed by atoms with E-state index < -0.39 is 0 Å². The minimum Gasteiger partial charge on any atom is -0.480 e. The van der Waals surface area contributed by atoms with E-state index in [1.54, 1.807) is 12.3 Å². The molecule has 4 nitrogen and oxygen atoms in total. The number of aromatic nitrogens is 1. The maximum atomic E-state index is 11.0. The normalized spacial score (nSPS) is 9.29. The van der Waals surface area contributed by atoms with Crippen LogP contribution in [0.5, 0.6) is 5.88 Å². The summed E-state index contributed by atoms with van der Waals surface area (Å²) in [6.45, 7) is 3.35. The second kappa shape index (κ2) is 4.76. The first-order valence-electron chi connectivity index (χ1n) is 3.81. The van der Waals surface area contributed by atoms with Crippen LogP contribution >= 0.6 is 15.9 Å². The first kappa shape index (κ1) is 10.7. The van der Waals surface area contributed by atoms with Crippen LogP contribution in [0.3, 0.4) is 0 Å². The summed E-state index contributed by atoms with van der Waals surface area (Å²) in [5.74, 6) is 0.144. The van der Waals surface area contributed by atoms with Gasteiger partial charge < -0.3 is 10.1 Å². The van der Waals surface area contributed by atoms with Gasteiger partial charge in [0, 0.05) is 6.20 Å². The first-order chi connectivity index (χ1) is 6.69. The molecule has 0 fully saturated rings. The molecule has 1 rings (SSSR count). The predicted octanol–water partition coefficient (Wildman–Crippen LogP) is 1.98. The first-order valence-corrected chi connectivity index (χ1v) is 4.60. The van der Waals surface area contributed by atoms with Crippen LogP contribution in [0.15, 0.2) is 29.4 Å². The molecule has 0 spiro atoms. The molecule has 5 heteroatoms. The monoisotopic (exact) mass is 256 g/mol. The zero-order chi connectivity index (χ0) is 10.6. The maximum Gasteiger partial charge on any atom is 0.247 e. The van der Waals surface area contributed by atoms with Gasteiger partial charge in [-0.05, 0) is 28.1 Å². The molecular formula is C9H9BrN2O2. The largest absolute Gasteiger partial charge is 0.480 e. The molecule has 0 aromatic carbocycles. The standard InChI is InChI=1S/C9H9BrN2O2/c1-3-7(13)12-6-4-5-11-9(14-2)8(6)10/h3-5H,1H2,2H3,(H,11,12,13). The lowest BCUT2D eigenvalue weighted by molar-refractivity contribution is -0.111. The predicted molar refractivity (Wildman–Crippen MR) is 57.3 cm³/mol. The Balaban J connectivity index is 2.97. The average molecular weight is 257 g/mol. The number of anilines is 1. The number of hydrogen-bond donors (Lipinski definition) is 1. The maximum absolute atomic E-state index is 11.0. The Bertz CT molecular complexity index is 366. The Hall–Kier alpha value is -1.36. The molecule has 0 aliphatic carbocycles. The molecule has 14 heavy (non-hydrogen) atoms. The molecule has 0 atom stereocenters. The summed E-state index contributed by atoms with van der Waals surface area (Å²) in [5.41, 5.74) is 0.599. The fourth-order valence-corrected chi connectivity index (χ4v) is 1.34. The van der Waals surface area contributed by atoms with Gasteiger partial charge in [0.2, 0.25) is 11.8 Å². The summed E-state index contributed by atoms with van der Waals surface area (Å²) in [6, 6.07) is 1.66. The van der Waals surface area contributed by atoms with E-state index >= 15 is 0 Å². The lowest BCUT2D eigenvalue weighted by Crippen LogP contribution is -2.08. The third-order valence-corrected chi connectivity index (χ3v) is 2.26. The highest BCUT2D eigenvalue weighted by atomic mass is 79.9. The Labute approximate surface area is 90.1 Å². The highest BCUT2D eigenvalue weighted by molar-refractivity contribution is 9.10. The molecule has 0 aliphatic rings. The molecule has 0 saturated carbocycles. The number of rotatable bonds is 3. The lowest BCUT2D eigenvalue weighted by Gasteiger charge is -2.07. The van der Waals surface area contributed by atoms with Crippen molar-refractivity contribution in [1.82, 2.24) is 4.98 Å². The van der Waals surface area contributed by atoms with Gasteiger partial charge in [0.25, 0.3) is 0 Å². The number of hydrogen-bond acceptors (Lipinski definition) is 3. The van der Waals surface area contributed by atoms with Crippen molar-refractivity contribution in [3.63, 3.8) is 0 Å². The topological polar surface area (TPSA) is 51.2 Å². The second-order valence-electron chi connectivity index (χ2n) is 2.38. The van der Waals surface area contributed by atoms with Gasteiger partial charge in [0.15, 0.2) is 0 Å². The average Bonchev–Trinajstić information content (AvgIpc) is 2.21. The van der Waals surface area contributed by atoms with E-state index in [2.05, 4.69) is 32.8 Å². The third-order valence-electron chi connectivity index (χ3n) is 1.49. The van der Waals surface area contributed by atoms with Crippen molar-refractivity contribution >= 4 is 27.5 Å². The summed E-state index contributed by atoms with van der Waals surface area (Å²) in [6.07, 6.45) is 2.74. The van der Waals surface area contributed by atoms with Crippen LogP contribution < -0.4 is 10.1 Å². The molecular weight excluding hydrogens is 248 g/mol. The van der Waals surface area contributed by atoms with E-state index in [0.29, 0.717) is 16.0 Å². The minimum atomic E-state index is -0.279. The Morgan fingerprint density at radius 3 is 3.07 bits per heavy atom. The van der Waals surface area contributed by atoms with Gasteiger partial charge in [-0.1, -0.05) is 6.58 Å². The molecule has 1 aromatic rings. The zero-order valence-electron chi connectivity index (χ0n) is 7.58. The van der Waals surface area contributed by atoms with E-state index in [1.807, 2.05) is 0 Å². The van der Waals surface area contributed by atoms with Gasteiger partial charge in [-0.25, -0.2) is 4.98 Å². The van der Waals surface area contributed by atoms with Crippen LogP contribution in [0.25, 0.3) is 0 Å². The number of pyridine rings is 1. The van der Waals surface area contributed by atoms with Crippen molar-refractivity contribution in [2.75, 3.05) is 12.4 Å². The molecule has 1 N–H and O–H groups in total. The molecule has 0 radical (unpaired) electrons. The highest BCUT2D eigenvalue weighted by Crippen LogP contribution is 2.29. The Morgan fingerprint density at radius 1 is 1.79 bits per heavy atom.